The topological polar surface area (TPSA) is 107 Å². The molecule has 0 spiro atoms. The molecule has 0 aliphatic carbocycles. The number of amides is 4. The number of nitrogens with zero attached hydrogens (tertiary/aromatic N) is 2. The fraction of sp³-hybridized carbons (Fsp3) is 0.474. The molecule has 27 heavy (non-hydrogen) atoms. The second kappa shape index (κ2) is 6.68. The predicted octanol–water partition coefficient (Wildman–Crippen LogP) is 1.31. The molecule has 8 nitrogen and oxygen atoms in total. The number of rotatable bonds is 2. The molecule has 1 aromatic carbocycles. The zero-order chi connectivity index (χ0) is 19.1. The maximum Gasteiger partial charge on any atom is 0.407 e. The Balaban J connectivity index is 1.49. The van der Waals surface area contributed by atoms with Gasteiger partial charge in [0.25, 0.3) is 5.91 Å². The molecule has 142 valence electrons. The molecular formula is C19H21N3O5. The van der Waals surface area contributed by atoms with Gasteiger partial charge in [0.2, 0.25) is 11.8 Å². The van der Waals surface area contributed by atoms with Gasteiger partial charge < -0.3 is 14.9 Å². The summed E-state index contributed by atoms with van der Waals surface area (Å²) in [6, 6.07) is 5.15. The number of fused-ring (bicyclic) bond motifs is 1. The Morgan fingerprint density at radius 1 is 1.11 bits per heavy atom. The van der Waals surface area contributed by atoms with E-state index in [2.05, 4.69) is 5.32 Å². The summed E-state index contributed by atoms with van der Waals surface area (Å²) in [5, 5.41) is 11.4. The van der Waals surface area contributed by atoms with Gasteiger partial charge in [-0.05, 0) is 42.4 Å². The number of likely N-dealkylation sites (tertiary alicyclic amines) is 1. The molecule has 0 saturated carbocycles. The first-order valence-corrected chi connectivity index (χ1v) is 9.19. The molecule has 2 N–H and O–H groups in total. The number of hydrogen-bond acceptors (Lipinski definition) is 4. The second-order valence-electron chi connectivity index (χ2n) is 7.36. The van der Waals surface area contributed by atoms with Crippen LogP contribution in [0.25, 0.3) is 0 Å². The van der Waals surface area contributed by atoms with Crippen LogP contribution in [0, 0.1) is 0 Å². The van der Waals surface area contributed by atoms with Crippen molar-refractivity contribution in [1.82, 2.24) is 15.1 Å². The van der Waals surface area contributed by atoms with E-state index in [4.69, 9.17) is 5.11 Å². The quantitative estimate of drug-likeness (QED) is 0.762. The zero-order valence-electron chi connectivity index (χ0n) is 14.8. The fourth-order valence-electron chi connectivity index (χ4n) is 4.25. The van der Waals surface area contributed by atoms with E-state index in [-0.39, 0.29) is 24.2 Å². The summed E-state index contributed by atoms with van der Waals surface area (Å²) >= 11 is 0. The highest BCUT2D eigenvalue weighted by molar-refractivity contribution is 6.05. The van der Waals surface area contributed by atoms with Crippen LogP contribution in [0.4, 0.5) is 4.79 Å². The summed E-state index contributed by atoms with van der Waals surface area (Å²) in [6.07, 6.45) is 1.23. The molecule has 1 unspecified atom stereocenters. The number of imide groups is 1. The minimum atomic E-state index is -0.882. The molecule has 4 amide bonds. The number of nitrogens with one attached hydrogen (secondary N) is 1. The van der Waals surface area contributed by atoms with E-state index in [0.717, 1.165) is 24.0 Å². The van der Waals surface area contributed by atoms with E-state index >= 15 is 0 Å². The summed E-state index contributed by atoms with van der Waals surface area (Å²) in [5.74, 6) is -0.610. The third-order valence-corrected chi connectivity index (χ3v) is 5.78. The second-order valence-corrected chi connectivity index (χ2v) is 7.36. The lowest BCUT2D eigenvalue weighted by Gasteiger charge is -2.30. The Hall–Kier alpha value is -2.90. The van der Waals surface area contributed by atoms with Crippen LogP contribution in [0.15, 0.2) is 18.2 Å². The van der Waals surface area contributed by atoms with E-state index < -0.39 is 18.0 Å². The van der Waals surface area contributed by atoms with Crippen LogP contribution in [-0.4, -0.2) is 57.9 Å². The largest absolute Gasteiger partial charge is 0.465 e. The first-order valence-electron chi connectivity index (χ1n) is 9.19. The van der Waals surface area contributed by atoms with Gasteiger partial charge in [-0.25, -0.2) is 4.79 Å². The molecule has 3 aliphatic rings. The van der Waals surface area contributed by atoms with Crippen LogP contribution in [-0.2, 0) is 16.1 Å². The van der Waals surface area contributed by atoms with Gasteiger partial charge in [0.1, 0.15) is 6.04 Å². The molecule has 0 radical (unpaired) electrons. The lowest BCUT2D eigenvalue weighted by molar-refractivity contribution is -0.136. The van der Waals surface area contributed by atoms with Crippen LogP contribution in [0.3, 0.4) is 0 Å². The number of piperidine rings is 2. The highest BCUT2D eigenvalue weighted by atomic mass is 16.4. The third kappa shape index (κ3) is 3.15. The first kappa shape index (κ1) is 17.5. The Bertz CT molecular complexity index is 829. The monoisotopic (exact) mass is 371 g/mol. The SMILES string of the molecule is O=C1CCC(N2Cc3cc(C4CCN(C(=O)O)CC4)ccc3C2=O)C(=O)N1. The summed E-state index contributed by atoms with van der Waals surface area (Å²) in [5.41, 5.74) is 2.60. The molecular weight excluding hydrogens is 350 g/mol. The number of carboxylic acid groups (broad SMARTS) is 1. The Morgan fingerprint density at radius 3 is 2.52 bits per heavy atom. The van der Waals surface area contributed by atoms with Gasteiger partial charge in [-0.1, -0.05) is 12.1 Å². The number of carbonyl (C=O) groups excluding carboxylic acids is 3. The van der Waals surface area contributed by atoms with Crippen molar-refractivity contribution in [2.75, 3.05) is 13.1 Å². The van der Waals surface area contributed by atoms with Crippen molar-refractivity contribution < 1.29 is 24.3 Å². The summed E-state index contributed by atoms with van der Waals surface area (Å²) in [6.45, 7) is 1.39. The normalized spacial score (nSPS) is 23.4. The smallest absolute Gasteiger partial charge is 0.407 e. The minimum absolute atomic E-state index is 0.174. The average Bonchev–Trinajstić information content (AvgIpc) is 2.98. The molecule has 1 atom stereocenters. The van der Waals surface area contributed by atoms with Crippen molar-refractivity contribution in [1.29, 1.82) is 0 Å². The van der Waals surface area contributed by atoms with Crippen molar-refractivity contribution in [3.63, 3.8) is 0 Å². The Labute approximate surface area is 156 Å². The molecule has 1 aromatic rings. The molecule has 0 aromatic heterocycles. The average molecular weight is 371 g/mol. The highest BCUT2D eigenvalue weighted by Gasteiger charge is 2.39. The Morgan fingerprint density at radius 2 is 1.85 bits per heavy atom. The highest BCUT2D eigenvalue weighted by Crippen LogP contribution is 2.33. The van der Waals surface area contributed by atoms with Crippen molar-refractivity contribution in [2.45, 2.75) is 44.2 Å². The van der Waals surface area contributed by atoms with Gasteiger partial charge in [-0.3, -0.25) is 19.7 Å². The molecule has 4 rings (SSSR count). The number of benzene rings is 1. The zero-order valence-corrected chi connectivity index (χ0v) is 14.8. The lowest BCUT2D eigenvalue weighted by atomic mass is 9.88. The maximum atomic E-state index is 12.7. The van der Waals surface area contributed by atoms with Gasteiger partial charge in [-0.15, -0.1) is 0 Å². The summed E-state index contributed by atoms with van der Waals surface area (Å²) in [4.78, 5) is 50.2. The maximum absolute atomic E-state index is 12.7. The van der Waals surface area contributed by atoms with Gasteiger partial charge >= 0.3 is 6.09 Å². The summed E-state index contributed by atoms with van der Waals surface area (Å²) in [7, 11) is 0. The fourth-order valence-corrected chi connectivity index (χ4v) is 4.25. The Kier molecular flexibility index (Phi) is 4.33. The molecule has 3 heterocycles. The van der Waals surface area contributed by atoms with E-state index in [0.29, 0.717) is 31.6 Å². The minimum Gasteiger partial charge on any atom is -0.465 e. The molecule has 2 saturated heterocycles. The van der Waals surface area contributed by atoms with Gasteiger partial charge in [0.15, 0.2) is 0 Å². The van der Waals surface area contributed by atoms with Crippen molar-refractivity contribution in [3.05, 3.63) is 34.9 Å². The lowest BCUT2D eigenvalue weighted by Crippen LogP contribution is -2.52. The van der Waals surface area contributed by atoms with Crippen LogP contribution in [0.1, 0.15) is 53.1 Å². The van der Waals surface area contributed by atoms with Crippen LogP contribution in [0.2, 0.25) is 0 Å². The van der Waals surface area contributed by atoms with Crippen LogP contribution < -0.4 is 5.32 Å². The number of carbonyl (C=O) groups is 4. The molecule has 3 aliphatic heterocycles. The molecule has 8 heteroatoms. The van der Waals surface area contributed by atoms with E-state index in [1.54, 1.807) is 4.90 Å². The summed E-state index contributed by atoms with van der Waals surface area (Å²) < 4.78 is 0. The number of hydrogen-bond donors (Lipinski definition) is 2. The van der Waals surface area contributed by atoms with Gasteiger partial charge in [0.05, 0.1) is 0 Å². The molecule has 0 bridgehead atoms. The van der Waals surface area contributed by atoms with Crippen LogP contribution in [0.5, 0.6) is 0 Å². The third-order valence-electron chi connectivity index (χ3n) is 5.78. The van der Waals surface area contributed by atoms with Gasteiger partial charge in [-0.2, -0.15) is 0 Å². The first-order chi connectivity index (χ1) is 12.9. The van der Waals surface area contributed by atoms with Gasteiger partial charge in [0, 0.05) is 31.6 Å². The van der Waals surface area contributed by atoms with Crippen molar-refractivity contribution in [3.8, 4) is 0 Å². The van der Waals surface area contributed by atoms with Crippen molar-refractivity contribution in [2.24, 2.45) is 0 Å². The standard InChI is InChI=1S/C19H21N3O5/c23-16-4-3-15(17(24)20-16)22-10-13-9-12(1-2-14(13)18(22)25)11-5-7-21(8-6-11)19(26)27/h1-2,9,11,15H,3-8,10H2,(H,26,27)(H,20,23,24). The predicted molar refractivity (Wildman–Crippen MR) is 94.1 cm³/mol. The van der Waals surface area contributed by atoms with E-state index in [1.807, 2.05) is 18.2 Å². The van der Waals surface area contributed by atoms with Crippen LogP contribution >= 0.6 is 0 Å². The van der Waals surface area contributed by atoms with E-state index in [1.165, 1.54) is 4.90 Å². The van der Waals surface area contributed by atoms with Crippen molar-refractivity contribution >= 4 is 23.8 Å². The van der Waals surface area contributed by atoms with E-state index in [9.17, 15) is 19.2 Å². The molecule has 2 fully saturated rings.